The zero-order valence-electron chi connectivity index (χ0n) is 7.28. The maximum absolute atomic E-state index is 7.62. The lowest BCUT2D eigenvalue weighted by Gasteiger charge is -1.80. The Bertz CT molecular complexity index is 205. The Kier molecular flexibility index (Phi) is 0.472. The number of rotatable bonds is 1. The maximum atomic E-state index is 7.62. The molecule has 0 radical (unpaired) electrons. The summed E-state index contributed by atoms with van der Waals surface area (Å²) >= 11 is 3.17. The molecule has 2 spiro atoms. The van der Waals surface area contributed by atoms with Gasteiger partial charge in [0, 0.05) is 8.02 Å². The number of fused-ring (bicyclic) bond motifs is 1. The van der Waals surface area contributed by atoms with Crippen LogP contribution in [0, 0.1) is 16.7 Å². The van der Waals surface area contributed by atoms with Crippen LogP contribution in [0.3, 0.4) is 0 Å². The molecule has 50 valence electrons. The highest BCUT2D eigenvalue weighted by atomic mass is 79.9. The lowest BCUT2D eigenvalue weighted by atomic mass is 10.3. The summed E-state index contributed by atoms with van der Waals surface area (Å²) in [5.41, 5.74) is 0.972. The van der Waals surface area contributed by atoms with Crippen molar-refractivity contribution in [3.05, 3.63) is 0 Å². The summed E-state index contributed by atoms with van der Waals surface area (Å²) in [5, 5.41) is -1.08. The molecular formula is C8H11Br. The molecule has 0 bridgehead atoms. The molecule has 0 amide bonds. The molecule has 3 fully saturated rings. The third-order valence-electron chi connectivity index (χ3n) is 3.70. The van der Waals surface area contributed by atoms with Gasteiger partial charge in [-0.25, -0.2) is 0 Å². The Morgan fingerprint density at radius 1 is 1.33 bits per heavy atom. The summed E-state index contributed by atoms with van der Waals surface area (Å²) in [6.07, 6.45) is 5.18. The van der Waals surface area contributed by atoms with E-state index >= 15 is 0 Å². The van der Waals surface area contributed by atoms with Crippen LogP contribution in [0.2, 0.25) is 0 Å². The van der Waals surface area contributed by atoms with Gasteiger partial charge in [0.2, 0.25) is 0 Å². The van der Waals surface area contributed by atoms with Gasteiger partial charge in [-0.3, -0.25) is 0 Å². The molecule has 0 aromatic heterocycles. The molecule has 0 aliphatic heterocycles. The third kappa shape index (κ3) is 0.359. The predicted molar refractivity (Wildman–Crippen MR) is 40.6 cm³/mol. The van der Waals surface area contributed by atoms with Crippen LogP contribution in [0.1, 0.15) is 28.4 Å². The molecule has 0 atom stereocenters. The second-order valence-electron chi connectivity index (χ2n) is 3.85. The van der Waals surface area contributed by atoms with E-state index in [9.17, 15) is 0 Å². The van der Waals surface area contributed by atoms with E-state index in [1.165, 1.54) is 25.7 Å². The minimum Gasteiger partial charge on any atom is -0.0925 e. The number of hydrogen-bond acceptors (Lipinski definition) is 0. The average molecular weight is 189 g/mol. The fourth-order valence-corrected chi connectivity index (χ4v) is 3.67. The van der Waals surface area contributed by atoms with E-state index in [1.54, 1.807) is 0 Å². The van der Waals surface area contributed by atoms with E-state index in [4.69, 9.17) is 2.74 Å². The van der Waals surface area contributed by atoms with Crippen LogP contribution in [-0.2, 0) is 0 Å². The molecule has 3 aliphatic rings. The van der Waals surface area contributed by atoms with Gasteiger partial charge in [0.15, 0.2) is 0 Å². The van der Waals surface area contributed by atoms with Crippen LogP contribution in [0.5, 0.6) is 0 Å². The molecule has 0 heterocycles. The summed E-state index contributed by atoms with van der Waals surface area (Å²) in [6, 6.07) is 0. The van der Waals surface area contributed by atoms with Gasteiger partial charge in [0.1, 0.15) is 0 Å². The summed E-state index contributed by atoms with van der Waals surface area (Å²) in [7, 11) is 0. The largest absolute Gasteiger partial charge is 0.0925 e. The SMILES string of the molecule is [2H]C([2H])(Br)C1C2(CC2)C12CC2. The molecule has 0 nitrogen and oxygen atoms in total. The van der Waals surface area contributed by atoms with Crippen LogP contribution in [0.4, 0.5) is 0 Å². The van der Waals surface area contributed by atoms with Crippen molar-refractivity contribution in [1.29, 1.82) is 0 Å². The minimum absolute atomic E-state index is 0.350. The zero-order valence-corrected chi connectivity index (χ0v) is 6.87. The highest BCUT2D eigenvalue weighted by Gasteiger charge is 2.85. The van der Waals surface area contributed by atoms with Gasteiger partial charge in [-0.15, -0.1) is 0 Å². The van der Waals surface area contributed by atoms with Crippen LogP contribution >= 0.6 is 15.9 Å². The molecule has 1 heteroatoms. The third-order valence-corrected chi connectivity index (χ3v) is 4.16. The molecule has 3 aliphatic carbocycles. The van der Waals surface area contributed by atoms with Crippen molar-refractivity contribution in [2.24, 2.45) is 16.7 Å². The Labute approximate surface area is 67.0 Å². The topological polar surface area (TPSA) is 0 Å². The molecule has 0 saturated heterocycles. The van der Waals surface area contributed by atoms with Crippen molar-refractivity contribution in [2.75, 3.05) is 5.28 Å². The Morgan fingerprint density at radius 3 is 1.89 bits per heavy atom. The molecule has 0 N–H and O–H groups in total. The summed E-state index contributed by atoms with van der Waals surface area (Å²) in [5.74, 6) is 0.350. The molecular weight excluding hydrogens is 176 g/mol. The van der Waals surface area contributed by atoms with Crippen LogP contribution < -0.4 is 0 Å². The van der Waals surface area contributed by atoms with Gasteiger partial charge in [0.25, 0.3) is 0 Å². The van der Waals surface area contributed by atoms with Gasteiger partial charge in [-0.05, 0) is 42.4 Å². The number of alkyl halides is 1. The predicted octanol–water partition coefficient (Wildman–Crippen LogP) is 2.57. The average Bonchev–Trinajstić information content (AvgIpc) is 2.58. The van der Waals surface area contributed by atoms with Crippen molar-refractivity contribution in [3.63, 3.8) is 0 Å². The minimum atomic E-state index is -1.08. The summed E-state index contributed by atoms with van der Waals surface area (Å²) in [4.78, 5) is 0. The van der Waals surface area contributed by atoms with E-state index in [0.717, 1.165) is 0 Å². The van der Waals surface area contributed by atoms with Crippen molar-refractivity contribution in [2.45, 2.75) is 25.7 Å². The highest BCUT2D eigenvalue weighted by Crippen LogP contribution is 2.92. The molecule has 0 aromatic carbocycles. The molecule has 9 heavy (non-hydrogen) atoms. The standard InChI is InChI=1S/C8H11Br/c9-5-6-7(1-2-7)8(6)3-4-8/h6H,1-5H2/i5D2. The summed E-state index contributed by atoms with van der Waals surface area (Å²) < 4.78 is 15.2. The maximum Gasteiger partial charge on any atom is 0.0390 e. The van der Waals surface area contributed by atoms with E-state index in [0.29, 0.717) is 16.7 Å². The van der Waals surface area contributed by atoms with E-state index in [-0.39, 0.29) is 0 Å². The van der Waals surface area contributed by atoms with Crippen LogP contribution in [0.25, 0.3) is 0 Å². The lowest BCUT2D eigenvalue weighted by Crippen LogP contribution is -1.78. The van der Waals surface area contributed by atoms with Gasteiger partial charge in [-0.1, -0.05) is 15.9 Å². The normalized spacial score (nSPS) is 50.6. The first-order valence-corrected chi connectivity index (χ1v) is 4.51. The molecule has 3 saturated carbocycles. The number of halogens is 1. The number of hydrogen-bond donors (Lipinski definition) is 0. The van der Waals surface area contributed by atoms with E-state index in [2.05, 4.69) is 15.9 Å². The van der Waals surface area contributed by atoms with Crippen molar-refractivity contribution < 1.29 is 2.74 Å². The monoisotopic (exact) mass is 188 g/mol. The summed E-state index contributed by atoms with van der Waals surface area (Å²) in [6.45, 7) is 0. The highest BCUT2D eigenvalue weighted by molar-refractivity contribution is 9.09. The van der Waals surface area contributed by atoms with Gasteiger partial charge < -0.3 is 0 Å². The fourth-order valence-electron chi connectivity index (χ4n) is 2.79. The molecule has 0 unspecified atom stereocenters. The van der Waals surface area contributed by atoms with Crippen LogP contribution in [0.15, 0.2) is 0 Å². The van der Waals surface area contributed by atoms with Gasteiger partial charge in [0.05, 0.1) is 0 Å². The first-order chi connectivity index (χ1) is 5.03. The molecule has 0 aromatic rings. The zero-order chi connectivity index (χ0) is 7.91. The first kappa shape index (κ1) is 3.75. The Morgan fingerprint density at radius 2 is 1.78 bits per heavy atom. The van der Waals surface area contributed by atoms with E-state index in [1.807, 2.05) is 0 Å². The Hall–Kier alpha value is 0.480. The second-order valence-corrected chi connectivity index (χ2v) is 4.31. The fraction of sp³-hybridized carbons (Fsp3) is 1.00. The van der Waals surface area contributed by atoms with Crippen LogP contribution in [-0.4, -0.2) is 5.28 Å². The second kappa shape index (κ2) is 1.13. The first-order valence-electron chi connectivity index (χ1n) is 4.72. The smallest absolute Gasteiger partial charge is 0.0390 e. The van der Waals surface area contributed by atoms with Gasteiger partial charge >= 0.3 is 0 Å². The Balaban J connectivity index is 1.93. The molecule has 3 rings (SSSR count). The van der Waals surface area contributed by atoms with Gasteiger partial charge in [-0.2, -0.15) is 0 Å². The van der Waals surface area contributed by atoms with Crippen molar-refractivity contribution in [1.82, 2.24) is 0 Å². The lowest BCUT2D eigenvalue weighted by molar-refractivity contribution is 0.716. The van der Waals surface area contributed by atoms with E-state index < -0.39 is 5.28 Å². The van der Waals surface area contributed by atoms with Crippen molar-refractivity contribution >= 4 is 15.9 Å². The quantitative estimate of drug-likeness (QED) is 0.556. The van der Waals surface area contributed by atoms with Crippen molar-refractivity contribution in [3.8, 4) is 0 Å².